The SMILES string of the molecule is CC(CBr)C(C)NC(=O)C1(C)CCCC1. The Balaban J connectivity index is 2.47. The molecule has 0 radical (unpaired) electrons. The van der Waals surface area contributed by atoms with Gasteiger partial charge < -0.3 is 5.32 Å². The molecule has 1 N–H and O–H groups in total. The number of carbonyl (C=O) groups is 1. The number of rotatable bonds is 4. The Labute approximate surface area is 101 Å². The number of nitrogens with one attached hydrogen (secondary N) is 1. The average Bonchev–Trinajstić information content (AvgIpc) is 2.65. The summed E-state index contributed by atoms with van der Waals surface area (Å²) in [5.74, 6) is 0.735. The van der Waals surface area contributed by atoms with E-state index in [1.54, 1.807) is 0 Å². The van der Waals surface area contributed by atoms with Gasteiger partial charge in [-0.25, -0.2) is 0 Å². The lowest BCUT2D eigenvalue weighted by molar-refractivity contribution is -0.130. The van der Waals surface area contributed by atoms with Crippen molar-refractivity contribution in [2.75, 3.05) is 5.33 Å². The van der Waals surface area contributed by atoms with Crippen molar-refractivity contribution in [1.29, 1.82) is 0 Å². The smallest absolute Gasteiger partial charge is 0.226 e. The maximum absolute atomic E-state index is 12.1. The summed E-state index contributed by atoms with van der Waals surface area (Å²) in [4.78, 5) is 12.1. The van der Waals surface area contributed by atoms with Crippen molar-refractivity contribution in [3.63, 3.8) is 0 Å². The van der Waals surface area contributed by atoms with Gasteiger partial charge in [0.05, 0.1) is 0 Å². The van der Waals surface area contributed by atoms with Crippen LogP contribution in [0.1, 0.15) is 46.5 Å². The second-order valence-corrected chi connectivity index (χ2v) is 5.81. The second kappa shape index (κ2) is 5.33. The summed E-state index contributed by atoms with van der Waals surface area (Å²) < 4.78 is 0. The first-order valence-corrected chi connectivity index (χ1v) is 6.98. The quantitative estimate of drug-likeness (QED) is 0.785. The summed E-state index contributed by atoms with van der Waals surface area (Å²) in [6.45, 7) is 6.33. The van der Waals surface area contributed by atoms with E-state index in [4.69, 9.17) is 0 Å². The van der Waals surface area contributed by atoms with Crippen LogP contribution in [0.2, 0.25) is 0 Å². The van der Waals surface area contributed by atoms with Crippen LogP contribution in [-0.4, -0.2) is 17.3 Å². The Bertz CT molecular complexity index is 224. The zero-order valence-electron chi connectivity index (χ0n) is 9.98. The minimum atomic E-state index is -0.0969. The first kappa shape index (κ1) is 13.0. The third-order valence-electron chi connectivity index (χ3n) is 3.71. The second-order valence-electron chi connectivity index (χ2n) is 5.16. The lowest BCUT2D eigenvalue weighted by atomic mass is 9.87. The van der Waals surface area contributed by atoms with Crippen LogP contribution in [0.4, 0.5) is 0 Å². The molecule has 1 fully saturated rings. The van der Waals surface area contributed by atoms with Crippen LogP contribution >= 0.6 is 15.9 Å². The molecule has 1 aliphatic carbocycles. The molecule has 0 saturated heterocycles. The van der Waals surface area contributed by atoms with Crippen molar-refractivity contribution in [2.24, 2.45) is 11.3 Å². The van der Waals surface area contributed by atoms with Crippen LogP contribution in [0.15, 0.2) is 0 Å². The molecular formula is C12H22BrNO. The molecule has 3 heteroatoms. The molecule has 0 bridgehead atoms. The molecule has 1 aliphatic rings. The van der Waals surface area contributed by atoms with E-state index in [1.807, 2.05) is 0 Å². The van der Waals surface area contributed by atoms with Crippen molar-refractivity contribution in [1.82, 2.24) is 5.32 Å². The van der Waals surface area contributed by atoms with Crippen LogP contribution in [0.25, 0.3) is 0 Å². The average molecular weight is 276 g/mol. The van der Waals surface area contributed by atoms with Crippen molar-refractivity contribution in [2.45, 2.75) is 52.5 Å². The summed E-state index contributed by atoms with van der Waals surface area (Å²) in [5, 5.41) is 4.08. The van der Waals surface area contributed by atoms with Gasteiger partial charge in [-0.15, -0.1) is 0 Å². The predicted octanol–water partition coefficient (Wildman–Crippen LogP) is 3.10. The third-order valence-corrected chi connectivity index (χ3v) is 4.73. The molecule has 0 spiro atoms. The van der Waals surface area contributed by atoms with Gasteiger partial charge in [0.2, 0.25) is 5.91 Å². The van der Waals surface area contributed by atoms with E-state index in [-0.39, 0.29) is 17.4 Å². The number of amides is 1. The summed E-state index contributed by atoms with van der Waals surface area (Å²) in [7, 11) is 0. The summed E-state index contributed by atoms with van der Waals surface area (Å²) in [6.07, 6.45) is 4.50. The zero-order valence-corrected chi connectivity index (χ0v) is 11.6. The highest BCUT2D eigenvalue weighted by Crippen LogP contribution is 2.37. The minimum Gasteiger partial charge on any atom is -0.353 e. The first-order valence-electron chi connectivity index (χ1n) is 5.86. The largest absolute Gasteiger partial charge is 0.353 e. The number of halogens is 1. The summed E-state index contributed by atoms with van der Waals surface area (Å²) in [6, 6.07) is 0.259. The Kier molecular flexibility index (Phi) is 4.63. The molecule has 2 unspecified atom stereocenters. The molecule has 15 heavy (non-hydrogen) atoms. The maximum atomic E-state index is 12.1. The Morgan fingerprint density at radius 2 is 1.93 bits per heavy atom. The fourth-order valence-electron chi connectivity index (χ4n) is 2.04. The molecule has 0 aliphatic heterocycles. The van der Waals surface area contributed by atoms with Gasteiger partial charge in [0, 0.05) is 16.8 Å². The standard InChI is InChI=1S/C12H22BrNO/c1-9(8-13)10(2)14-11(15)12(3)6-4-5-7-12/h9-10H,4-8H2,1-3H3,(H,14,15). The van der Waals surface area contributed by atoms with E-state index in [9.17, 15) is 4.79 Å². The van der Waals surface area contributed by atoms with Gasteiger partial charge in [-0.2, -0.15) is 0 Å². The zero-order chi connectivity index (χ0) is 11.5. The first-order chi connectivity index (χ1) is 6.99. The van der Waals surface area contributed by atoms with Crippen molar-refractivity contribution in [3.05, 3.63) is 0 Å². The molecule has 88 valence electrons. The highest BCUT2D eigenvalue weighted by atomic mass is 79.9. The van der Waals surface area contributed by atoms with Gasteiger partial charge in [0.15, 0.2) is 0 Å². The van der Waals surface area contributed by atoms with Crippen LogP contribution in [0.3, 0.4) is 0 Å². The van der Waals surface area contributed by atoms with E-state index in [1.165, 1.54) is 12.8 Å². The molecular weight excluding hydrogens is 254 g/mol. The highest BCUT2D eigenvalue weighted by Gasteiger charge is 2.36. The van der Waals surface area contributed by atoms with E-state index >= 15 is 0 Å². The fraction of sp³-hybridized carbons (Fsp3) is 0.917. The van der Waals surface area contributed by atoms with Gasteiger partial charge >= 0.3 is 0 Å². The Morgan fingerprint density at radius 1 is 1.40 bits per heavy atom. The van der Waals surface area contributed by atoms with Crippen molar-refractivity contribution >= 4 is 21.8 Å². The topological polar surface area (TPSA) is 29.1 Å². The van der Waals surface area contributed by atoms with Gasteiger partial charge in [0.25, 0.3) is 0 Å². The highest BCUT2D eigenvalue weighted by molar-refractivity contribution is 9.09. The van der Waals surface area contributed by atoms with Crippen LogP contribution in [0.5, 0.6) is 0 Å². The number of carbonyl (C=O) groups excluding carboxylic acids is 1. The maximum Gasteiger partial charge on any atom is 0.226 e. The molecule has 2 nitrogen and oxygen atoms in total. The van der Waals surface area contributed by atoms with Crippen molar-refractivity contribution < 1.29 is 4.79 Å². The number of hydrogen-bond acceptors (Lipinski definition) is 1. The predicted molar refractivity (Wildman–Crippen MR) is 67.1 cm³/mol. The monoisotopic (exact) mass is 275 g/mol. The Morgan fingerprint density at radius 3 is 2.40 bits per heavy atom. The van der Waals surface area contributed by atoms with Crippen LogP contribution in [-0.2, 0) is 4.79 Å². The molecule has 0 aromatic carbocycles. The molecule has 1 rings (SSSR count). The van der Waals surface area contributed by atoms with E-state index in [0.717, 1.165) is 18.2 Å². The van der Waals surface area contributed by atoms with Crippen LogP contribution < -0.4 is 5.32 Å². The molecule has 1 amide bonds. The molecule has 1 saturated carbocycles. The fourth-order valence-corrected chi connectivity index (χ4v) is 2.60. The van der Waals surface area contributed by atoms with E-state index in [2.05, 4.69) is 42.0 Å². The van der Waals surface area contributed by atoms with E-state index < -0.39 is 0 Å². The molecule has 0 aromatic heterocycles. The number of alkyl halides is 1. The van der Waals surface area contributed by atoms with E-state index in [0.29, 0.717) is 5.92 Å². The van der Waals surface area contributed by atoms with Gasteiger partial charge in [0.1, 0.15) is 0 Å². The van der Waals surface area contributed by atoms with Gasteiger partial charge in [-0.1, -0.05) is 42.6 Å². The lowest BCUT2D eigenvalue weighted by Gasteiger charge is -2.27. The summed E-state index contributed by atoms with van der Waals surface area (Å²) >= 11 is 3.45. The van der Waals surface area contributed by atoms with Gasteiger partial charge in [-0.05, 0) is 25.7 Å². The molecule has 2 atom stereocenters. The third kappa shape index (κ3) is 3.20. The molecule has 0 heterocycles. The lowest BCUT2D eigenvalue weighted by Crippen LogP contribution is -2.44. The number of hydrogen-bond donors (Lipinski definition) is 1. The Hall–Kier alpha value is -0.0500. The minimum absolute atomic E-state index is 0.0969. The van der Waals surface area contributed by atoms with Gasteiger partial charge in [-0.3, -0.25) is 4.79 Å². The summed E-state index contributed by atoms with van der Waals surface area (Å²) in [5.41, 5.74) is -0.0969. The normalized spacial score (nSPS) is 23.5. The van der Waals surface area contributed by atoms with Crippen molar-refractivity contribution in [3.8, 4) is 0 Å². The van der Waals surface area contributed by atoms with Crippen LogP contribution in [0, 0.1) is 11.3 Å². The molecule has 0 aromatic rings.